The maximum absolute atomic E-state index is 14.7. The van der Waals surface area contributed by atoms with Crippen molar-refractivity contribution in [2.45, 2.75) is 32.1 Å². The highest BCUT2D eigenvalue weighted by atomic mass is 19.4. The van der Waals surface area contributed by atoms with E-state index >= 15 is 0 Å². The Hall–Kier alpha value is -3.47. The van der Waals surface area contributed by atoms with Crippen LogP contribution in [0.5, 0.6) is 0 Å². The van der Waals surface area contributed by atoms with Crippen molar-refractivity contribution in [3.63, 3.8) is 0 Å². The van der Waals surface area contributed by atoms with Crippen LogP contribution in [-0.2, 0) is 6.54 Å². The number of aromatic amines is 1. The van der Waals surface area contributed by atoms with Gasteiger partial charge in [-0.25, -0.2) is 9.18 Å². The van der Waals surface area contributed by atoms with E-state index < -0.39 is 41.7 Å². The summed E-state index contributed by atoms with van der Waals surface area (Å²) in [6.07, 6.45) is -3.94. The second-order valence-electron chi connectivity index (χ2n) is 8.58. The van der Waals surface area contributed by atoms with Gasteiger partial charge in [-0.1, -0.05) is 25.1 Å². The topological polar surface area (TPSA) is 78.4 Å². The Bertz CT molecular complexity index is 1370. The van der Waals surface area contributed by atoms with Crippen LogP contribution in [0.1, 0.15) is 29.3 Å². The number of piperazine rings is 1. The lowest BCUT2D eigenvalue weighted by molar-refractivity contribution is -0.155. The minimum absolute atomic E-state index is 0.0202. The summed E-state index contributed by atoms with van der Waals surface area (Å²) in [5.41, 5.74) is -0.533. The molecule has 1 aliphatic rings. The molecule has 0 spiro atoms. The van der Waals surface area contributed by atoms with Crippen LogP contribution in [0, 0.1) is 5.82 Å². The van der Waals surface area contributed by atoms with Gasteiger partial charge in [0, 0.05) is 25.7 Å². The second-order valence-corrected chi connectivity index (χ2v) is 8.58. The van der Waals surface area contributed by atoms with Crippen molar-refractivity contribution in [2.75, 3.05) is 26.2 Å². The number of H-pyrrole nitrogens is 1. The Balaban J connectivity index is 1.59. The SMILES string of the molecule is CC[C@@H]1CN(C(=O)c2cc(Cn3c(=O)[nH]c(=O)c4ccccc43)ccc2F)CCN1CC(F)(F)F. The van der Waals surface area contributed by atoms with Gasteiger partial charge in [0.25, 0.3) is 11.5 Å². The van der Waals surface area contributed by atoms with Crippen molar-refractivity contribution in [1.29, 1.82) is 0 Å². The van der Waals surface area contributed by atoms with Crippen molar-refractivity contribution < 1.29 is 22.4 Å². The molecule has 0 radical (unpaired) electrons. The quantitative estimate of drug-likeness (QED) is 0.556. The van der Waals surface area contributed by atoms with E-state index in [1.165, 1.54) is 26.5 Å². The van der Waals surface area contributed by atoms with Crippen LogP contribution in [-0.4, -0.2) is 63.7 Å². The molecule has 11 heteroatoms. The lowest BCUT2D eigenvalue weighted by Crippen LogP contribution is -2.56. The van der Waals surface area contributed by atoms with Crippen LogP contribution in [0.3, 0.4) is 0 Å². The Kier molecular flexibility index (Phi) is 6.79. The molecule has 35 heavy (non-hydrogen) atoms. The number of nitrogens with one attached hydrogen (secondary N) is 1. The zero-order valence-corrected chi connectivity index (χ0v) is 18.9. The summed E-state index contributed by atoms with van der Waals surface area (Å²) in [4.78, 5) is 42.6. The first-order valence-electron chi connectivity index (χ1n) is 11.2. The average molecular weight is 492 g/mol. The normalized spacial score (nSPS) is 17.2. The monoisotopic (exact) mass is 492 g/mol. The first-order chi connectivity index (χ1) is 16.6. The van der Waals surface area contributed by atoms with E-state index in [1.807, 2.05) is 0 Å². The predicted molar refractivity (Wildman–Crippen MR) is 122 cm³/mol. The van der Waals surface area contributed by atoms with E-state index in [4.69, 9.17) is 0 Å². The van der Waals surface area contributed by atoms with Gasteiger partial charge in [0.05, 0.1) is 29.6 Å². The number of benzene rings is 2. The maximum Gasteiger partial charge on any atom is 0.401 e. The van der Waals surface area contributed by atoms with Gasteiger partial charge in [-0.15, -0.1) is 0 Å². The van der Waals surface area contributed by atoms with E-state index in [9.17, 15) is 31.9 Å². The summed E-state index contributed by atoms with van der Waals surface area (Å²) in [7, 11) is 0. The van der Waals surface area contributed by atoms with Crippen LogP contribution >= 0.6 is 0 Å². The van der Waals surface area contributed by atoms with Gasteiger partial charge >= 0.3 is 11.9 Å². The summed E-state index contributed by atoms with van der Waals surface area (Å²) in [6, 6.07) is 9.95. The third-order valence-corrected chi connectivity index (χ3v) is 6.25. The van der Waals surface area contributed by atoms with Crippen LogP contribution in [0.2, 0.25) is 0 Å². The van der Waals surface area contributed by atoms with Gasteiger partial charge in [-0.3, -0.25) is 24.0 Å². The summed E-state index contributed by atoms with van der Waals surface area (Å²) in [6.45, 7) is 0.796. The summed E-state index contributed by atoms with van der Waals surface area (Å²) >= 11 is 0. The standard InChI is InChI=1S/C24H24F4N4O3/c1-2-16-13-30(9-10-31(16)14-24(26,27)28)22(34)18-11-15(7-8-19(18)25)12-32-20-6-4-3-5-17(20)21(33)29-23(32)35/h3-8,11,16H,2,9-10,12-14H2,1H3,(H,29,33,35)/t16-/m1/s1. The fraction of sp³-hybridized carbons (Fsp3) is 0.375. The number of carbonyl (C=O) groups excluding carboxylic acids is 1. The highest BCUT2D eigenvalue weighted by Gasteiger charge is 2.37. The molecular formula is C24H24F4N4O3. The number of halogens is 4. The molecule has 0 aliphatic carbocycles. The molecule has 1 N–H and O–H groups in total. The minimum atomic E-state index is -4.34. The number of hydrogen-bond acceptors (Lipinski definition) is 4. The van der Waals surface area contributed by atoms with Crippen molar-refractivity contribution in [3.8, 4) is 0 Å². The highest BCUT2D eigenvalue weighted by Crippen LogP contribution is 2.23. The molecule has 1 aliphatic heterocycles. The van der Waals surface area contributed by atoms with Crippen LogP contribution in [0.25, 0.3) is 10.9 Å². The molecule has 3 aromatic rings. The molecule has 4 rings (SSSR count). The van der Waals surface area contributed by atoms with Gasteiger partial charge in [-0.2, -0.15) is 13.2 Å². The first-order valence-corrected chi connectivity index (χ1v) is 11.2. The molecule has 1 saturated heterocycles. The molecule has 2 aromatic carbocycles. The predicted octanol–water partition coefficient (Wildman–Crippen LogP) is 2.98. The number of carbonyl (C=O) groups is 1. The molecule has 0 saturated carbocycles. The molecule has 0 bridgehead atoms. The third-order valence-electron chi connectivity index (χ3n) is 6.25. The van der Waals surface area contributed by atoms with Crippen molar-refractivity contribution in [3.05, 3.63) is 80.2 Å². The maximum atomic E-state index is 14.7. The van der Waals surface area contributed by atoms with E-state index in [-0.39, 0.29) is 31.7 Å². The number of rotatable bonds is 5. The number of aromatic nitrogens is 2. The van der Waals surface area contributed by atoms with Gasteiger partial charge < -0.3 is 4.90 Å². The Morgan fingerprint density at radius 3 is 2.57 bits per heavy atom. The molecule has 1 atom stereocenters. The fourth-order valence-electron chi connectivity index (χ4n) is 4.49. The zero-order valence-electron chi connectivity index (χ0n) is 18.9. The molecule has 1 fully saturated rings. The van der Waals surface area contributed by atoms with Crippen molar-refractivity contribution >= 4 is 16.8 Å². The van der Waals surface area contributed by atoms with E-state index in [0.29, 0.717) is 22.9 Å². The fourth-order valence-corrected chi connectivity index (χ4v) is 4.49. The summed E-state index contributed by atoms with van der Waals surface area (Å²) < 4.78 is 54.6. The largest absolute Gasteiger partial charge is 0.401 e. The molecule has 7 nitrogen and oxygen atoms in total. The van der Waals surface area contributed by atoms with Crippen LogP contribution < -0.4 is 11.2 Å². The van der Waals surface area contributed by atoms with Gasteiger partial charge in [-0.05, 0) is 36.2 Å². The molecule has 186 valence electrons. The summed E-state index contributed by atoms with van der Waals surface area (Å²) in [5.74, 6) is -1.38. The van der Waals surface area contributed by atoms with Gasteiger partial charge in [0.1, 0.15) is 5.82 Å². The molecule has 0 unspecified atom stereocenters. The summed E-state index contributed by atoms with van der Waals surface area (Å²) in [5, 5.41) is 0.313. The number of alkyl halides is 3. The highest BCUT2D eigenvalue weighted by molar-refractivity contribution is 5.94. The molecule has 1 aromatic heterocycles. The molecule has 1 amide bonds. The van der Waals surface area contributed by atoms with E-state index in [1.54, 1.807) is 31.2 Å². The molecule has 2 heterocycles. The average Bonchev–Trinajstić information content (AvgIpc) is 2.81. The van der Waals surface area contributed by atoms with Crippen LogP contribution in [0.4, 0.5) is 17.6 Å². The number of fused-ring (bicyclic) bond motifs is 1. The minimum Gasteiger partial charge on any atom is -0.336 e. The van der Waals surface area contributed by atoms with Crippen LogP contribution in [0.15, 0.2) is 52.1 Å². The number of nitrogens with zero attached hydrogens (tertiary/aromatic N) is 3. The number of hydrogen-bond donors (Lipinski definition) is 1. The molecular weight excluding hydrogens is 468 g/mol. The zero-order chi connectivity index (χ0) is 25.3. The van der Waals surface area contributed by atoms with Gasteiger partial charge in [0.15, 0.2) is 0 Å². The first kappa shape index (κ1) is 24.6. The Morgan fingerprint density at radius 2 is 1.86 bits per heavy atom. The van der Waals surface area contributed by atoms with Crippen molar-refractivity contribution in [1.82, 2.24) is 19.4 Å². The second kappa shape index (κ2) is 9.65. The lowest BCUT2D eigenvalue weighted by Gasteiger charge is -2.41. The number of amides is 1. The Morgan fingerprint density at radius 1 is 1.11 bits per heavy atom. The lowest BCUT2D eigenvalue weighted by atomic mass is 10.1. The Labute approximate surface area is 197 Å². The van der Waals surface area contributed by atoms with E-state index in [0.717, 1.165) is 6.07 Å². The smallest absolute Gasteiger partial charge is 0.336 e. The number of para-hydroxylation sites is 1. The third kappa shape index (κ3) is 5.29. The van der Waals surface area contributed by atoms with Gasteiger partial charge in [0.2, 0.25) is 0 Å². The van der Waals surface area contributed by atoms with Crippen molar-refractivity contribution in [2.24, 2.45) is 0 Å². The van der Waals surface area contributed by atoms with E-state index in [2.05, 4.69) is 4.98 Å².